The summed E-state index contributed by atoms with van der Waals surface area (Å²) in [6.45, 7) is 2.46. The summed E-state index contributed by atoms with van der Waals surface area (Å²) in [5, 5.41) is 12.4. The topological polar surface area (TPSA) is 56.7 Å². The lowest BCUT2D eigenvalue weighted by Crippen LogP contribution is -2.44. The van der Waals surface area contributed by atoms with Crippen LogP contribution < -0.4 is 0 Å². The van der Waals surface area contributed by atoms with Crippen LogP contribution in [0.25, 0.3) is 0 Å². The van der Waals surface area contributed by atoms with Crippen LogP contribution in [-0.4, -0.2) is 58.6 Å². The molecule has 0 bridgehead atoms. The number of thiazole rings is 1. The maximum Gasteiger partial charge on any atom is 0.236 e. The summed E-state index contributed by atoms with van der Waals surface area (Å²) in [6, 6.07) is 0. The molecule has 100 valence electrons. The van der Waals surface area contributed by atoms with Gasteiger partial charge in [0.15, 0.2) is 0 Å². The maximum atomic E-state index is 12.0. The lowest BCUT2D eigenvalue weighted by Gasteiger charge is -2.30. The highest BCUT2D eigenvalue weighted by Crippen LogP contribution is 2.11. The molecule has 18 heavy (non-hydrogen) atoms. The highest BCUT2D eigenvalue weighted by molar-refractivity contribution is 7.09. The molecular formula is C12H19N3O2S. The van der Waals surface area contributed by atoms with Gasteiger partial charge in [0.25, 0.3) is 0 Å². The molecule has 6 heteroatoms. The predicted octanol–water partition coefficient (Wildman–Crippen LogP) is 0.558. The van der Waals surface area contributed by atoms with Crippen LogP contribution >= 0.6 is 11.3 Å². The number of aliphatic hydroxyl groups is 1. The van der Waals surface area contributed by atoms with Crippen LogP contribution in [0.1, 0.15) is 17.8 Å². The minimum Gasteiger partial charge on any atom is -0.393 e. The van der Waals surface area contributed by atoms with E-state index in [2.05, 4.69) is 4.98 Å². The van der Waals surface area contributed by atoms with Crippen LogP contribution in [0.5, 0.6) is 0 Å². The Morgan fingerprint density at radius 2 is 2.33 bits per heavy atom. The molecule has 0 saturated carbocycles. The van der Waals surface area contributed by atoms with Crippen molar-refractivity contribution in [2.45, 2.75) is 25.5 Å². The number of carbonyl (C=O) groups is 1. The molecule has 0 spiro atoms. The van der Waals surface area contributed by atoms with Gasteiger partial charge in [0.1, 0.15) is 5.01 Å². The van der Waals surface area contributed by atoms with Gasteiger partial charge in [-0.3, -0.25) is 9.69 Å². The number of likely N-dealkylation sites (N-methyl/N-ethyl adjacent to an activating group) is 1. The molecule has 1 saturated heterocycles. The van der Waals surface area contributed by atoms with Crippen LogP contribution in [-0.2, 0) is 11.3 Å². The van der Waals surface area contributed by atoms with Crippen LogP contribution in [0, 0.1) is 0 Å². The molecule has 1 aromatic heterocycles. The zero-order chi connectivity index (χ0) is 13.0. The lowest BCUT2D eigenvalue weighted by atomic mass is 10.1. The van der Waals surface area contributed by atoms with Gasteiger partial charge in [-0.1, -0.05) is 0 Å². The largest absolute Gasteiger partial charge is 0.393 e. The summed E-state index contributed by atoms with van der Waals surface area (Å²) >= 11 is 1.60. The Morgan fingerprint density at radius 3 is 2.94 bits per heavy atom. The first kappa shape index (κ1) is 13.5. The molecule has 0 radical (unpaired) electrons. The number of hydrogen-bond donors (Lipinski definition) is 1. The van der Waals surface area contributed by atoms with E-state index < -0.39 is 0 Å². The third kappa shape index (κ3) is 3.76. The average molecular weight is 269 g/mol. The molecule has 1 aliphatic heterocycles. The second-order valence-corrected chi connectivity index (χ2v) is 5.69. The van der Waals surface area contributed by atoms with Gasteiger partial charge in [0, 0.05) is 24.7 Å². The Bertz CT molecular complexity index is 375. The number of hydrogen-bond acceptors (Lipinski definition) is 5. The molecule has 2 heterocycles. The molecule has 0 aromatic carbocycles. The molecule has 1 N–H and O–H groups in total. The second-order valence-electron chi connectivity index (χ2n) is 4.71. The number of aliphatic hydroxyl groups excluding tert-OH is 1. The summed E-state index contributed by atoms with van der Waals surface area (Å²) in [6.07, 6.45) is 2.94. The molecule has 5 nitrogen and oxygen atoms in total. The fourth-order valence-electron chi connectivity index (χ4n) is 2.06. The van der Waals surface area contributed by atoms with Crippen LogP contribution in [0.4, 0.5) is 0 Å². The number of amides is 1. The van der Waals surface area contributed by atoms with E-state index in [0.717, 1.165) is 5.01 Å². The Balaban J connectivity index is 1.76. The fourth-order valence-corrected chi connectivity index (χ4v) is 2.76. The second kappa shape index (κ2) is 6.26. The first-order valence-corrected chi connectivity index (χ1v) is 7.06. The third-order valence-corrected chi connectivity index (χ3v) is 3.88. The van der Waals surface area contributed by atoms with Crippen molar-refractivity contribution in [2.75, 3.05) is 26.7 Å². The number of likely N-dealkylation sites (tertiary alicyclic amines) is 1. The number of aromatic nitrogens is 1. The monoisotopic (exact) mass is 269 g/mol. The van der Waals surface area contributed by atoms with Crippen molar-refractivity contribution in [3.8, 4) is 0 Å². The summed E-state index contributed by atoms with van der Waals surface area (Å²) in [4.78, 5) is 20.1. The normalized spacial score (nSPS) is 17.4. The Morgan fingerprint density at radius 1 is 1.61 bits per heavy atom. The van der Waals surface area contributed by atoms with Crippen molar-refractivity contribution in [1.29, 1.82) is 0 Å². The standard InChI is InChI=1S/C12H19N3O2S/c1-14(8-11-13-4-7-18-11)9-12(17)15-5-2-10(16)3-6-15/h4,7,10,16H,2-3,5-6,8-9H2,1H3. The SMILES string of the molecule is CN(CC(=O)N1CCC(O)CC1)Cc1nccs1. The molecule has 2 rings (SSSR count). The Labute approximate surface area is 111 Å². The fraction of sp³-hybridized carbons (Fsp3) is 0.667. The van der Waals surface area contributed by atoms with E-state index in [4.69, 9.17) is 0 Å². The lowest BCUT2D eigenvalue weighted by molar-refractivity contribution is -0.134. The van der Waals surface area contributed by atoms with Crippen molar-refractivity contribution < 1.29 is 9.90 Å². The molecule has 0 atom stereocenters. The van der Waals surface area contributed by atoms with Crippen LogP contribution in [0.3, 0.4) is 0 Å². The molecule has 1 amide bonds. The Hall–Kier alpha value is -0.980. The van der Waals surface area contributed by atoms with E-state index >= 15 is 0 Å². The smallest absolute Gasteiger partial charge is 0.236 e. The first-order valence-electron chi connectivity index (χ1n) is 6.18. The van der Waals surface area contributed by atoms with E-state index in [-0.39, 0.29) is 12.0 Å². The zero-order valence-corrected chi connectivity index (χ0v) is 11.4. The Kier molecular flexibility index (Phi) is 4.68. The molecule has 1 aromatic rings. The molecule has 1 fully saturated rings. The molecule has 0 unspecified atom stereocenters. The number of carbonyl (C=O) groups excluding carboxylic acids is 1. The average Bonchev–Trinajstić information content (AvgIpc) is 2.82. The van der Waals surface area contributed by atoms with E-state index in [1.54, 1.807) is 17.5 Å². The zero-order valence-electron chi connectivity index (χ0n) is 10.6. The van der Waals surface area contributed by atoms with Crippen LogP contribution in [0.15, 0.2) is 11.6 Å². The number of piperidine rings is 1. The van der Waals surface area contributed by atoms with Gasteiger partial charge in [-0.05, 0) is 19.9 Å². The minimum absolute atomic E-state index is 0.140. The van der Waals surface area contributed by atoms with Gasteiger partial charge >= 0.3 is 0 Å². The van der Waals surface area contributed by atoms with Gasteiger partial charge in [-0.15, -0.1) is 11.3 Å². The van der Waals surface area contributed by atoms with Crippen molar-refractivity contribution in [1.82, 2.24) is 14.8 Å². The number of nitrogens with zero attached hydrogens (tertiary/aromatic N) is 3. The highest BCUT2D eigenvalue weighted by atomic mass is 32.1. The van der Waals surface area contributed by atoms with E-state index in [9.17, 15) is 9.90 Å². The quantitative estimate of drug-likeness (QED) is 0.867. The van der Waals surface area contributed by atoms with Crippen molar-refractivity contribution in [2.24, 2.45) is 0 Å². The van der Waals surface area contributed by atoms with Gasteiger partial charge in [0.2, 0.25) is 5.91 Å². The van der Waals surface area contributed by atoms with E-state index in [1.807, 2.05) is 22.2 Å². The minimum atomic E-state index is -0.234. The van der Waals surface area contributed by atoms with Crippen LogP contribution in [0.2, 0.25) is 0 Å². The van der Waals surface area contributed by atoms with Crippen molar-refractivity contribution in [3.05, 3.63) is 16.6 Å². The predicted molar refractivity (Wildman–Crippen MR) is 70.3 cm³/mol. The highest BCUT2D eigenvalue weighted by Gasteiger charge is 2.22. The first-order chi connectivity index (χ1) is 8.65. The van der Waals surface area contributed by atoms with E-state index in [1.165, 1.54) is 0 Å². The number of rotatable bonds is 4. The summed E-state index contributed by atoms with van der Waals surface area (Å²) in [7, 11) is 1.93. The van der Waals surface area contributed by atoms with Gasteiger partial charge < -0.3 is 10.0 Å². The summed E-state index contributed by atoms with van der Waals surface area (Å²) in [5.41, 5.74) is 0. The van der Waals surface area contributed by atoms with Crippen molar-refractivity contribution in [3.63, 3.8) is 0 Å². The summed E-state index contributed by atoms with van der Waals surface area (Å²) in [5.74, 6) is 0.140. The van der Waals surface area contributed by atoms with Gasteiger partial charge in [-0.25, -0.2) is 4.98 Å². The van der Waals surface area contributed by atoms with E-state index in [0.29, 0.717) is 39.0 Å². The van der Waals surface area contributed by atoms with Gasteiger partial charge in [0.05, 0.1) is 19.2 Å². The molecule has 1 aliphatic rings. The van der Waals surface area contributed by atoms with Crippen molar-refractivity contribution >= 4 is 17.2 Å². The maximum absolute atomic E-state index is 12.0. The summed E-state index contributed by atoms with van der Waals surface area (Å²) < 4.78 is 0. The van der Waals surface area contributed by atoms with Gasteiger partial charge in [-0.2, -0.15) is 0 Å². The molecule has 0 aliphatic carbocycles. The molecular weight excluding hydrogens is 250 g/mol. The third-order valence-electron chi connectivity index (χ3n) is 3.11.